The minimum atomic E-state index is 0.152. The van der Waals surface area contributed by atoms with E-state index in [4.69, 9.17) is 4.74 Å². The van der Waals surface area contributed by atoms with Crippen molar-refractivity contribution in [3.63, 3.8) is 0 Å². The van der Waals surface area contributed by atoms with Crippen LogP contribution in [0.15, 0.2) is 18.2 Å². The fraction of sp³-hybridized carbons (Fsp3) is 0.364. The summed E-state index contributed by atoms with van der Waals surface area (Å²) in [6.45, 7) is 0.152. The molecule has 1 aliphatic rings. The van der Waals surface area contributed by atoms with Crippen molar-refractivity contribution in [3.8, 4) is 5.75 Å². The molecule has 0 saturated heterocycles. The van der Waals surface area contributed by atoms with Gasteiger partial charge in [0.1, 0.15) is 12.4 Å². The molecule has 0 unspecified atom stereocenters. The SMILES string of the molecule is O=CCOc1ccc2c(c1)CCC2. The molecule has 0 N–H and O–H groups in total. The van der Waals surface area contributed by atoms with Crippen LogP contribution in [0, 0.1) is 0 Å². The van der Waals surface area contributed by atoms with Gasteiger partial charge in [0.15, 0.2) is 6.29 Å². The minimum absolute atomic E-state index is 0.152. The normalized spacial score (nSPS) is 13.8. The van der Waals surface area contributed by atoms with Gasteiger partial charge in [0, 0.05) is 0 Å². The molecule has 0 saturated carbocycles. The monoisotopic (exact) mass is 176 g/mol. The van der Waals surface area contributed by atoms with Gasteiger partial charge in [-0.2, -0.15) is 0 Å². The van der Waals surface area contributed by atoms with Gasteiger partial charge >= 0.3 is 0 Å². The second-order valence-electron chi connectivity index (χ2n) is 3.26. The Labute approximate surface area is 77.5 Å². The van der Waals surface area contributed by atoms with Crippen molar-refractivity contribution in [2.75, 3.05) is 6.61 Å². The predicted molar refractivity (Wildman–Crippen MR) is 50.0 cm³/mol. The highest BCUT2D eigenvalue weighted by Gasteiger charge is 2.10. The van der Waals surface area contributed by atoms with Gasteiger partial charge in [-0.15, -0.1) is 0 Å². The molecule has 0 aromatic heterocycles. The zero-order chi connectivity index (χ0) is 9.10. The van der Waals surface area contributed by atoms with Gasteiger partial charge in [0.2, 0.25) is 0 Å². The molecule has 0 spiro atoms. The molecule has 0 fully saturated rings. The van der Waals surface area contributed by atoms with Gasteiger partial charge in [0.05, 0.1) is 0 Å². The van der Waals surface area contributed by atoms with Gasteiger partial charge in [-0.05, 0) is 42.5 Å². The molecule has 0 bridgehead atoms. The lowest BCUT2D eigenvalue weighted by Crippen LogP contribution is -1.98. The quantitative estimate of drug-likeness (QED) is 0.656. The number of hydrogen-bond acceptors (Lipinski definition) is 2. The molecule has 1 aromatic rings. The molecule has 2 heteroatoms. The fourth-order valence-corrected chi connectivity index (χ4v) is 1.77. The molecule has 0 amide bonds. The maximum Gasteiger partial charge on any atom is 0.157 e. The van der Waals surface area contributed by atoms with E-state index < -0.39 is 0 Å². The average Bonchev–Trinajstić information content (AvgIpc) is 2.61. The molecule has 1 aliphatic carbocycles. The first-order valence-corrected chi connectivity index (χ1v) is 4.58. The molecule has 0 heterocycles. The second kappa shape index (κ2) is 3.60. The molecule has 0 atom stereocenters. The number of carbonyl (C=O) groups excluding carboxylic acids is 1. The topological polar surface area (TPSA) is 26.3 Å². The van der Waals surface area contributed by atoms with Crippen LogP contribution in [0.1, 0.15) is 17.5 Å². The van der Waals surface area contributed by atoms with Crippen molar-refractivity contribution >= 4 is 6.29 Å². The second-order valence-corrected chi connectivity index (χ2v) is 3.26. The zero-order valence-electron chi connectivity index (χ0n) is 7.45. The lowest BCUT2D eigenvalue weighted by molar-refractivity contribution is -0.109. The fourth-order valence-electron chi connectivity index (χ4n) is 1.77. The van der Waals surface area contributed by atoms with Gasteiger partial charge in [0.25, 0.3) is 0 Å². The molecular weight excluding hydrogens is 164 g/mol. The van der Waals surface area contributed by atoms with E-state index in [0.29, 0.717) is 0 Å². The van der Waals surface area contributed by atoms with Crippen molar-refractivity contribution in [2.24, 2.45) is 0 Å². The van der Waals surface area contributed by atoms with Crippen LogP contribution in [0.5, 0.6) is 5.75 Å². The number of ether oxygens (including phenoxy) is 1. The Morgan fingerprint density at radius 3 is 3.00 bits per heavy atom. The zero-order valence-corrected chi connectivity index (χ0v) is 7.45. The number of aryl methyl sites for hydroxylation is 2. The van der Waals surface area contributed by atoms with Crippen LogP contribution < -0.4 is 4.74 Å². The highest BCUT2D eigenvalue weighted by Crippen LogP contribution is 2.25. The smallest absolute Gasteiger partial charge is 0.157 e. The number of rotatable bonds is 3. The van der Waals surface area contributed by atoms with E-state index in [2.05, 4.69) is 6.07 Å². The van der Waals surface area contributed by atoms with Crippen molar-refractivity contribution in [3.05, 3.63) is 29.3 Å². The summed E-state index contributed by atoms with van der Waals surface area (Å²) < 4.78 is 5.21. The molecule has 0 radical (unpaired) electrons. The van der Waals surface area contributed by atoms with E-state index in [0.717, 1.165) is 18.5 Å². The predicted octanol–water partition coefficient (Wildman–Crippen LogP) is 1.75. The summed E-state index contributed by atoms with van der Waals surface area (Å²) in [6.07, 6.45) is 4.34. The van der Waals surface area contributed by atoms with Crippen LogP contribution in [0.4, 0.5) is 0 Å². The average molecular weight is 176 g/mol. The molecular formula is C11H12O2. The summed E-state index contributed by atoms with van der Waals surface area (Å²) in [7, 11) is 0. The summed E-state index contributed by atoms with van der Waals surface area (Å²) in [5.41, 5.74) is 2.81. The van der Waals surface area contributed by atoms with Crippen LogP contribution in [0.25, 0.3) is 0 Å². The first-order valence-electron chi connectivity index (χ1n) is 4.58. The minimum Gasteiger partial charge on any atom is -0.486 e. The summed E-state index contributed by atoms with van der Waals surface area (Å²) >= 11 is 0. The van der Waals surface area contributed by atoms with Gasteiger partial charge < -0.3 is 4.74 Å². The van der Waals surface area contributed by atoms with Crippen molar-refractivity contribution < 1.29 is 9.53 Å². The third-order valence-corrected chi connectivity index (χ3v) is 2.39. The first kappa shape index (κ1) is 8.30. The Kier molecular flexibility index (Phi) is 2.30. The van der Waals surface area contributed by atoms with E-state index in [9.17, 15) is 4.79 Å². The Hall–Kier alpha value is -1.31. The van der Waals surface area contributed by atoms with Gasteiger partial charge in [-0.3, -0.25) is 4.79 Å². The Balaban J connectivity index is 2.16. The van der Waals surface area contributed by atoms with E-state index in [1.165, 1.54) is 24.0 Å². The third kappa shape index (κ3) is 1.72. The molecule has 68 valence electrons. The van der Waals surface area contributed by atoms with Crippen molar-refractivity contribution in [1.82, 2.24) is 0 Å². The highest BCUT2D eigenvalue weighted by atomic mass is 16.5. The number of carbonyl (C=O) groups is 1. The molecule has 1 aromatic carbocycles. The molecule has 13 heavy (non-hydrogen) atoms. The maximum atomic E-state index is 10.1. The van der Waals surface area contributed by atoms with Crippen LogP contribution in [0.3, 0.4) is 0 Å². The molecule has 2 rings (SSSR count). The Morgan fingerprint density at radius 2 is 2.15 bits per heavy atom. The summed E-state index contributed by atoms with van der Waals surface area (Å²) in [5, 5.41) is 0. The summed E-state index contributed by atoms with van der Waals surface area (Å²) in [6, 6.07) is 6.09. The van der Waals surface area contributed by atoms with Crippen molar-refractivity contribution in [2.45, 2.75) is 19.3 Å². The summed E-state index contributed by atoms with van der Waals surface area (Å²) in [4.78, 5) is 10.1. The molecule has 2 nitrogen and oxygen atoms in total. The van der Waals surface area contributed by atoms with E-state index >= 15 is 0 Å². The lowest BCUT2D eigenvalue weighted by Gasteiger charge is -2.04. The standard InChI is InChI=1S/C11H12O2/c12-6-7-13-11-5-4-9-2-1-3-10(9)8-11/h4-6,8H,1-3,7H2. The lowest BCUT2D eigenvalue weighted by atomic mass is 10.1. The maximum absolute atomic E-state index is 10.1. The Morgan fingerprint density at radius 1 is 1.31 bits per heavy atom. The van der Waals surface area contributed by atoms with Crippen LogP contribution in [-0.4, -0.2) is 12.9 Å². The largest absolute Gasteiger partial charge is 0.486 e. The van der Waals surface area contributed by atoms with Crippen LogP contribution >= 0.6 is 0 Å². The Bertz CT molecular complexity index is 318. The van der Waals surface area contributed by atoms with Gasteiger partial charge in [-0.1, -0.05) is 6.07 Å². The summed E-state index contributed by atoms with van der Waals surface area (Å²) in [5.74, 6) is 0.813. The third-order valence-electron chi connectivity index (χ3n) is 2.39. The van der Waals surface area contributed by atoms with Crippen LogP contribution in [0.2, 0.25) is 0 Å². The van der Waals surface area contributed by atoms with Crippen molar-refractivity contribution in [1.29, 1.82) is 0 Å². The van der Waals surface area contributed by atoms with E-state index in [1.54, 1.807) is 0 Å². The number of benzene rings is 1. The van der Waals surface area contributed by atoms with Gasteiger partial charge in [-0.25, -0.2) is 0 Å². The van der Waals surface area contributed by atoms with E-state index in [1.807, 2.05) is 12.1 Å². The van der Waals surface area contributed by atoms with Crippen LogP contribution in [-0.2, 0) is 17.6 Å². The number of aldehydes is 1. The first-order chi connectivity index (χ1) is 6.40. The molecule has 0 aliphatic heterocycles. The van der Waals surface area contributed by atoms with E-state index in [-0.39, 0.29) is 6.61 Å². The number of hydrogen-bond donors (Lipinski definition) is 0. The highest BCUT2D eigenvalue weighted by molar-refractivity contribution is 5.51. The number of fused-ring (bicyclic) bond motifs is 1.